The van der Waals surface area contributed by atoms with Crippen molar-refractivity contribution in [2.45, 2.75) is 46.6 Å². The van der Waals surface area contributed by atoms with Gasteiger partial charge in [-0.2, -0.15) is 0 Å². The molecule has 0 aliphatic rings. The Labute approximate surface area is 109 Å². The molecule has 0 radical (unpaired) electrons. The summed E-state index contributed by atoms with van der Waals surface area (Å²) in [6, 6.07) is 5.67. The van der Waals surface area contributed by atoms with Crippen LogP contribution in [0.5, 0.6) is 0 Å². The lowest BCUT2D eigenvalue weighted by molar-refractivity contribution is -0.117. The smallest absolute Gasteiger partial charge is 0.261 e. The Morgan fingerprint density at radius 3 is 2.28 bits per heavy atom. The van der Waals surface area contributed by atoms with E-state index in [9.17, 15) is 9.59 Å². The van der Waals surface area contributed by atoms with E-state index in [1.165, 1.54) is 4.90 Å². The standard InChI is InChI=1S/C15H21NO2/c1-10(2)13-8-6-7-12(5)14(13)15(18)16(9-17)11(3)4/h6-11H,1-5H3. The number of carbonyl (C=O) groups is 2. The first-order valence-electron chi connectivity index (χ1n) is 6.27. The van der Waals surface area contributed by atoms with Crippen molar-refractivity contribution in [3.8, 4) is 0 Å². The van der Waals surface area contributed by atoms with E-state index in [4.69, 9.17) is 0 Å². The maximum absolute atomic E-state index is 12.5. The molecule has 0 fully saturated rings. The molecule has 0 atom stereocenters. The number of carbonyl (C=O) groups excluding carboxylic acids is 2. The third-order valence-electron chi connectivity index (χ3n) is 3.05. The average molecular weight is 247 g/mol. The zero-order chi connectivity index (χ0) is 13.9. The van der Waals surface area contributed by atoms with Gasteiger partial charge in [0.05, 0.1) is 0 Å². The van der Waals surface area contributed by atoms with Gasteiger partial charge in [0.2, 0.25) is 6.41 Å². The molecule has 0 saturated heterocycles. The van der Waals surface area contributed by atoms with Crippen LogP contribution < -0.4 is 0 Å². The molecule has 0 unspecified atom stereocenters. The van der Waals surface area contributed by atoms with Crippen LogP contribution in [0.4, 0.5) is 0 Å². The summed E-state index contributed by atoms with van der Waals surface area (Å²) in [5, 5.41) is 0. The highest BCUT2D eigenvalue weighted by Gasteiger charge is 2.23. The number of imide groups is 1. The van der Waals surface area contributed by atoms with Crippen LogP contribution in [0.2, 0.25) is 0 Å². The van der Waals surface area contributed by atoms with Gasteiger partial charge in [0, 0.05) is 11.6 Å². The molecule has 3 nitrogen and oxygen atoms in total. The summed E-state index contributed by atoms with van der Waals surface area (Å²) in [4.78, 5) is 24.8. The predicted octanol–water partition coefficient (Wildman–Crippen LogP) is 3.13. The SMILES string of the molecule is Cc1cccc(C(C)C)c1C(=O)N(C=O)C(C)C. The van der Waals surface area contributed by atoms with Crippen LogP contribution >= 0.6 is 0 Å². The molecule has 0 N–H and O–H groups in total. The molecule has 0 heterocycles. The van der Waals surface area contributed by atoms with Crippen LogP contribution in [-0.4, -0.2) is 23.3 Å². The summed E-state index contributed by atoms with van der Waals surface area (Å²) in [6.07, 6.45) is 0.615. The summed E-state index contributed by atoms with van der Waals surface area (Å²) >= 11 is 0. The van der Waals surface area contributed by atoms with Gasteiger partial charge < -0.3 is 0 Å². The van der Waals surface area contributed by atoms with Crippen LogP contribution in [0.25, 0.3) is 0 Å². The molecule has 0 bridgehead atoms. The third-order valence-corrected chi connectivity index (χ3v) is 3.05. The molecule has 0 aromatic heterocycles. The van der Waals surface area contributed by atoms with E-state index in [1.54, 1.807) is 0 Å². The van der Waals surface area contributed by atoms with Gasteiger partial charge in [0.25, 0.3) is 5.91 Å². The Kier molecular flexibility index (Phi) is 4.65. The Hall–Kier alpha value is -1.64. The van der Waals surface area contributed by atoms with Gasteiger partial charge in [-0.05, 0) is 37.8 Å². The first-order chi connectivity index (χ1) is 8.40. The molecule has 3 heteroatoms. The minimum atomic E-state index is -0.207. The molecule has 1 rings (SSSR count). The minimum absolute atomic E-state index is 0.130. The van der Waals surface area contributed by atoms with Crippen LogP contribution in [0.3, 0.4) is 0 Å². The second-order valence-corrected chi connectivity index (χ2v) is 5.11. The van der Waals surface area contributed by atoms with Crippen molar-refractivity contribution in [3.63, 3.8) is 0 Å². The fourth-order valence-electron chi connectivity index (χ4n) is 2.00. The van der Waals surface area contributed by atoms with E-state index in [-0.39, 0.29) is 17.9 Å². The van der Waals surface area contributed by atoms with Crippen LogP contribution in [0.15, 0.2) is 18.2 Å². The van der Waals surface area contributed by atoms with E-state index in [2.05, 4.69) is 0 Å². The lowest BCUT2D eigenvalue weighted by Crippen LogP contribution is -2.36. The van der Waals surface area contributed by atoms with Gasteiger partial charge in [-0.15, -0.1) is 0 Å². The van der Waals surface area contributed by atoms with E-state index >= 15 is 0 Å². The van der Waals surface area contributed by atoms with E-state index in [0.29, 0.717) is 12.0 Å². The summed E-state index contributed by atoms with van der Waals surface area (Å²) in [5.41, 5.74) is 2.57. The maximum atomic E-state index is 12.5. The zero-order valence-corrected chi connectivity index (χ0v) is 11.7. The number of rotatable bonds is 4. The maximum Gasteiger partial charge on any atom is 0.261 e. The molecule has 98 valence electrons. The van der Waals surface area contributed by atoms with Crippen molar-refractivity contribution >= 4 is 12.3 Å². The largest absolute Gasteiger partial charge is 0.279 e. The molecule has 2 amide bonds. The van der Waals surface area contributed by atoms with Crippen molar-refractivity contribution in [3.05, 3.63) is 34.9 Å². The quantitative estimate of drug-likeness (QED) is 0.767. The summed E-state index contributed by atoms with van der Waals surface area (Å²) in [6.45, 7) is 9.67. The van der Waals surface area contributed by atoms with Gasteiger partial charge in [-0.25, -0.2) is 0 Å². The Bertz CT molecular complexity index is 450. The van der Waals surface area contributed by atoms with Crippen molar-refractivity contribution in [2.75, 3.05) is 0 Å². The topological polar surface area (TPSA) is 37.4 Å². The molecule has 0 aliphatic heterocycles. The molecule has 0 spiro atoms. The van der Waals surface area contributed by atoms with Crippen molar-refractivity contribution in [1.82, 2.24) is 4.90 Å². The van der Waals surface area contributed by atoms with Crippen LogP contribution in [-0.2, 0) is 4.79 Å². The monoisotopic (exact) mass is 247 g/mol. The van der Waals surface area contributed by atoms with Crippen LogP contribution in [0, 0.1) is 6.92 Å². The van der Waals surface area contributed by atoms with Gasteiger partial charge in [-0.3, -0.25) is 14.5 Å². The first-order valence-corrected chi connectivity index (χ1v) is 6.27. The Balaban J connectivity index is 3.31. The normalized spacial score (nSPS) is 10.8. The second-order valence-electron chi connectivity index (χ2n) is 5.11. The highest BCUT2D eigenvalue weighted by molar-refractivity contribution is 6.02. The highest BCUT2D eigenvalue weighted by atomic mass is 16.2. The first kappa shape index (κ1) is 14.4. The lowest BCUT2D eigenvalue weighted by atomic mass is 9.93. The number of benzene rings is 1. The number of hydrogen-bond donors (Lipinski definition) is 0. The fraction of sp³-hybridized carbons (Fsp3) is 0.467. The van der Waals surface area contributed by atoms with Crippen molar-refractivity contribution in [2.24, 2.45) is 0 Å². The average Bonchev–Trinajstić information content (AvgIpc) is 2.28. The van der Waals surface area contributed by atoms with Crippen LogP contribution in [0.1, 0.15) is 55.1 Å². The predicted molar refractivity (Wildman–Crippen MR) is 72.6 cm³/mol. The van der Waals surface area contributed by atoms with Gasteiger partial charge in [-0.1, -0.05) is 32.0 Å². The molecule has 0 saturated carbocycles. The minimum Gasteiger partial charge on any atom is -0.279 e. The molecular formula is C15H21NO2. The number of aryl methyl sites for hydroxylation is 1. The molecule has 1 aromatic rings. The van der Waals surface area contributed by atoms with Gasteiger partial charge in [0.15, 0.2) is 0 Å². The Morgan fingerprint density at radius 2 is 1.83 bits per heavy atom. The molecule has 1 aromatic carbocycles. The number of nitrogens with zero attached hydrogens (tertiary/aromatic N) is 1. The lowest BCUT2D eigenvalue weighted by Gasteiger charge is -2.23. The van der Waals surface area contributed by atoms with E-state index in [1.807, 2.05) is 52.8 Å². The number of hydrogen-bond acceptors (Lipinski definition) is 2. The van der Waals surface area contributed by atoms with E-state index < -0.39 is 0 Å². The molecule has 18 heavy (non-hydrogen) atoms. The van der Waals surface area contributed by atoms with E-state index in [0.717, 1.165) is 11.1 Å². The van der Waals surface area contributed by atoms with Crippen molar-refractivity contribution in [1.29, 1.82) is 0 Å². The van der Waals surface area contributed by atoms with Crippen molar-refractivity contribution < 1.29 is 9.59 Å². The highest BCUT2D eigenvalue weighted by Crippen LogP contribution is 2.24. The zero-order valence-electron chi connectivity index (χ0n) is 11.7. The summed E-state index contributed by atoms with van der Waals surface area (Å²) in [7, 11) is 0. The molecule has 0 aliphatic carbocycles. The fourth-order valence-corrected chi connectivity index (χ4v) is 2.00. The Morgan fingerprint density at radius 1 is 1.22 bits per heavy atom. The van der Waals surface area contributed by atoms with Gasteiger partial charge >= 0.3 is 0 Å². The third kappa shape index (κ3) is 2.78. The molecular weight excluding hydrogens is 226 g/mol. The number of amides is 2. The second kappa shape index (κ2) is 5.80. The summed E-state index contributed by atoms with van der Waals surface area (Å²) in [5.74, 6) is 0.0475. The van der Waals surface area contributed by atoms with Gasteiger partial charge in [0.1, 0.15) is 0 Å². The summed E-state index contributed by atoms with van der Waals surface area (Å²) < 4.78 is 0.